The Balaban J connectivity index is 1.85. The van der Waals surface area contributed by atoms with Crippen LogP contribution in [0.25, 0.3) is 0 Å². The van der Waals surface area contributed by atoms with Crippen molar-refractivity contribution in [3.8, 4) is 5.75 Å². The SMILES string of the molecule is COCCOc1cc(N)c(C=NC2CCC(C)CC2)cc1NC(=O)c1cccc(C(F)(F)F)n1. The van der Waals surface area contributed by atoms with Crippen LogP contribution in [0, 0.1) is 5.92 Å². The van der Waals surface area contributed by atoms with Crippen molar-refractivity contribution in [1.82, 2.24) is 4.98 Å². The fraction of sp³-hybridized carbons (Fsp3) is 0.458. The van der Waals surface area contributed by atoms with Gasteiger partial charge >= 0.3 is 6.18 Å². The number of amides is 1. The lowest BCUT2D eigenvalue weighted by molar-refractivity contribution is -0.141. The van der Waals surface area contributed by atoms with Gasteiger partial charge in [0.25, 0.3) is 5.91 Å². The molecule has 0 saturated heterocycles. The van der Waals surface area contributed by atoms with E-state index in [9.17, 15) is 18.0 Å². The number of nitrogens with two attached hydrogens (primary N) is 1. The molecule has 1 aliphatic carbocycles. The highest BCUT2D eigenvalue weighted by molar-refractivity contribution is 6.04. The molecule has 0 spiro atoms. The van der Waals surface area contributed by atoms with Gasteiger partial charge < -0.3 is 20.5 Å². The molecule has 1 aromatic carbocycles. The molecule has 1 heterocycles. The van der Waals surface area contributed by atoms with Crippen LogP contribution in [0.2, 0.25) is 0 Å². The lowest BCUT2D eigenvalue weighted by atomic mass is 9.88. The molecule has 1 fully saturated rings. The van der Waals surface area contributed by atoms with Crippen molar-refractivity contribution in [3.05, 3.63) is 47.3 Å². The molecular formula is C24H29F3N4O3. The Hall–Kier alpha value is -3.14. The number of nitrogens with zero attached hydrogens (tertiary/aromatic N) is 2. The van der Waals surface area contributed by atoms with Crippen LogP contribution in [0.4, 0.5) is 24.5 Å². The Labute approximate surface area is 196 Å². The van der Waals surface area contributed by atoms with E-state index < -0.39 is 17.8 Å². The van der Waals surface area contributed by atoms with Crippen LogP contribution in [0.1, 0.15) is 54.4 Å². The lowest BCUT2D eigenvalue weighted by Gasteiger charge is -2.23. The van der Waals surface area contributed by atoms with Gasteiger partial charge in [-0.15, -0.1) is 0 Å². The number of methoxy groups -OCH3 is 1. The van der Waals surface area contributed by atoms with E-state index in [4.69, 9.17) is 15.2 Å². The van der Waals surface area contributed by atoms with Crippen LogP contribution in [0.15, 0.2) is 35.3 Å². The van der Waals surface area contributed by atoms with E-state index in [1.807, 2.05) is 0 Å². The molecule has 3 rings (SSSR count). The Morgan fingerprint density at radius 1 is 1.24 bits per heavy atom. The van der Waals surface area contributed by atoms with Gasteiger partial charge in [-0.25, -0.2) is 4.98 Å². The zero-order valence-electron chi connectivity index (χ0n) is 19.2. The van der Waals surface area contributed by atoms with Crippen LogP contribution < -0.4 is 15.8 Å². The first-order chi connectivity index (χ1) is 16.2. The second-order valence-corrected chi connectivity index (χ2v) is 8.37. The average Bonchev–Trinajstić information content (AvgIpc) is 2.80. The first kappa shape index (κ1) is 25.5. The summed E-state index contributed by atoms with van der Waals surface area (Å²) in [5, 5.41) is 2.59. The molecule has 7 nitrogen and oxygen atoms in total. The fourth-order valence-corrected chi connectivity index (χ4v) is 3.66. The molecule has 0 radical (unpaired) electrons. The maximum Gasteiger partial charge on any atom is 0.433 e. The smallest absolute Gasteiger partial charge is 0.433 e. The molecule has 34 heavy (non-hydrogen) atoms. The highest BCUT2D eigenvalue weighted by Crippen LogP contribution is 2.32. The number of aliphatic imine (C=N–C) groups is 1. The summed E-state index contributed by atoms with van der Waals surface area (Å²) in [5.41, 5.74) is 5.88. The summed E-state index contributed by atoms with van der Waals surface area (Å²) < 4.78 is 49.6. The van der Waals surface area contributed by atoms with Gasteiger partial charge in [0, 0.05) is 36.7 Å². The minimum Gasteiger partial charge on any atom is -0.489 e. The van der Waals surface area contributed by atoms with Gasteiger partial charge in [-0.2, -0.15) is 13.2 Å². The Morgan fingerprint density at radius 3 is 2.65 bits per heavy atom. The van der Waals surface area contributed by atoms with Crippen LogP contribution in [-0.4, -0.2) is 43.5 Å². The molecule has 1 aromatic heterocycles. The molecule has 1 amide bonds. The van der Waals surface area contributed by atoms with Gasteiger partial charge in [-0.3, -0.25) is 9.79 Å². The van der Waals surface area contributed by atoms with Crippen LogP contribution in [-0.2, 0) is 10.9 Å². The summed E-state index contributed by atoms with van der Waals surface area (Å²) in [6, 6.07) is 6.50. The maximum atomic E-state index is 13.0. The van der Waals surface area contributed by atoms with Crippen LogP contribution in [0.5, 0.6) is 5.75 Å². The second-order valence-electron chi connectivity index (χ2n) is 8.37. The Morgan fingerprint density at radius 2 is 1.97 bits per heavy atom. The molecule has 10 heteroatoms. The minimum atomic E-state index is -4.66. The largest absolute Gasteiger partial charge is 0.489 e. The number of alkyl halides is 3. The predicted octanol–water partition coefficient (Wildman–Crippen LogP) is 4.96. The number of hydrogen-bond donors (Lipinski definition) is 2. The summed E-state index contributed by atoms with van der Waals surface area (Å²) >= 11 is 0. The molecular weight excluding hydrogens is 449 g/mol. The number of nitrogens with one attached hydrogen (secondary N) is 1. The van der Waals surface area contributed by atoms with Gasteiger partial charge in [-0.05, 0) is 49.8 Å². The van der Waals surface area contributed by atoms with E-state index in [1.165, 1.54) is 13.2 Å². The lowest BCUT2D eigenvalue weighted by Crippen LogP contribution is -2.18. The monoisotopic (exact) mass is 478 g/mol. The Bertz CT molecular complexity index is 1020. The number of benzene rings is 1. The standard InChI is InChI=1S/C24H29F3N4O3/c1-15-6-8-17(9-7-15)29-14-16-12-20(21(13-18(16)28)34-11-10-33-2)31-23(32)19-4-3-5-22(30-19)24(25,26)27/h3-5,12-15,17H,6-11,28H2,1-2H3,(H,31,32). The average molecular weight is 479 g/mol. The summed E-state index contributed by atoms with van der Waals surface area (Å²) in [5.74, 6) is 0.154. The zero-order chi connectivity index (χ0) is 24.7. The number of carbonyl (C=O) groups is 1. The number of aromatic nitrogens is 1. The van der Waals surface area contributed by atoms with Crippen molar-refractivity contribution >= 4 is 23.5 Å². The third-order valence-corrected chi connectivity index (χ3v) is 5.66. The van der Waals surface area contributed by atoms with Crippen molar-refractivity contribution in [2.45, 2.75) is 44.8 Å². The number of anilines is 2. The van der Waals surface area contributed by atoms with Gasteiger partial charge in [0.2, 0.25) is 0 Å². The number of pyridine rings is 1. The number of nitrogen functional groups attached to an aromatic ring is 1. The van der Waals surface area contributed by atoms with E-state index in [0.717, 1.165) is 37.8 Å². The van der Waals surface area contributed by atoms with E-state index >= 15 is 0 Å². The summed E-state index contributed by atoms with van der Waals surface area (Å²) in [6.07, 6.45) is 1.25. The van der Waals surface area contributed by atoms with E-state index in [2.05, 4.69) is 22.2 Å². The summed E-state index contributed by atoms with van der Waals surface area (Å²) in [6.45, 7) is 2.72. The summed E-state index contributed by atoms with van der Waals surface area (Å²) in [4.78, 5) is 20.8. The van der Waals surface area contributed by atoms with Crippen molar-refractivity contribution in [3.63, 3.8) is 0 Å². The highest BCUT2D eigenvalue weighted by Gasteiger charge is 2.33. The van der Waals surface area contributed by atoms with Gasteiger partial charge in [0.1, 0.15) is 23.7 Å². The normalized spacial score (nSPS) is 18.7. The number of hydrogen-bond acceptors (Lipinski definition) is 6. The van der Waals surface area contributed by atoms with E-state index in [1.54, 1.807) is 18.3 Å². The number of rotatable bonds is 8. The van der Waals surface area contributed by atoms with Crippen molar-refractivity contribution in [2.75, 3.05) is 31.4 Å². The van der Waals surface area contributed by atoms with Gasteiger partial charge in [0.05, 0.1) is 12.3 Å². The van der Waals surface area contributed by atoms with Crippen LogP contribution >= 0.6 is 0 Å². The van der Waals surface area contributed by atoms with Crippen LogP contribution in [0.3, 0.4) is 0 Å². The highest BCUT2D eigenvalue weighted by atomic mass is 19.4. The van der Waals surface area contributed by atoms with E-state index in [0.29, 0.717) is 23.8 Å². The summed E-state index contributed by atoms with van der Waals surface area (Å²) in [7, 11) is 1.52. The molecule has 3 N–H and O–H groups in total. The Kier molecular flexibility index (Phi) is 8.49. The zero-order valence-corrected chi connectivity index (χ0v) is 19.2. The molecule has 1 aliphatic rings. The number of carbonyl (C=O) groups excluding carboxylic acids is 1. The maximum absolute atomic E-state index is 13.0. The van der Waals surface area contributed by atoms with Crippen molar-refractivity contribution < 1.29 is 27.4 Å². The molecule has 0 bridgehead atoms. The topological polar surface area (TPSA) is 98.8 Å². The van der Waals surface area contributed by atoms with Crippen molar-refractivity contribution in [1.29, 1.82) is 0 Å². The second kappa shape index (κ2) is 11.3. The number of halogens is 3. The minimum absolute atomic E-state index is 0.189. The number of ether oxygens (including phenoxy) is 2. The molecule has 184 valence electrons. The fourth-order valence-electron chi connectivity index (χ4n) is 3.66. The molecule has 2 aromatic rings. The van der Waals surface area contributed by atoms with E-state index in [-0.39, 0.29) is 29.8 Å². The van der Waals surface area contributed by atoms with Crippen molar-refractivity contribution in [2.24, 2.45) is 10.9 Å². The molecule has 0 aliphatic heterocycles. The molecule has 1 saturated carbocycles. The third-order valence-electron chi connectivity index (χ3n) is 5.66. The molecule has 0 unspecified atom stereocenters. The van der Waals surface area contributed by atoms with Gasteiger partial charge in [-0.1, -0.05) is 13.0 Å². The quantitative estimate of drug-likeness (QED) is 0.318. The molecule has 0 atom stereocenters. The first-order valence-corrected chi connectivity index (χ1v) is 11.1. The van der Waals surface area contributed by atoms with Gasteiger partial charge in [0.15, 0.2) is 0 Å². The first-order valence-electron chi connectivity index (χ1n) is 11.1. The predicted molar refractivity (Wildman–Crippen MR) is 124 cm³/mol. The third kappa shape index (κ3) is 6.93.